The largest absolute Gasteiger partial charge is 0.480 e. The van der Waals surface area contributed by atoms with Crippen LogP contribution in [-0.2, 0) is 9.59 Å². The highest BCUT2D eigenvalue weighted by Crippen LogP contribution is 2.16. The van der Waals surface area contributed by atoms with Crippen molar-refractivity contribution in [3.8, 4) is 0 Å². The molecule has 0 aromatic carbocycles. The van der Waals surface area contributed by atoms with Gasteiger partial charge in [-0.15, -0.1) is 0 Å². The smallest absolute Gasteiger partial charge is 0.326 e. The first-order valence-corrected chi connectivity index (χ1v) is 6.81. The molecule has 0 fully saturated rings. The maximum absolute atomic E-state index is 10.7. The summed E-state index contributed by atoms with van der Waals surface area (Å²) in [5, 5.41) is 11.1. The SMILES string of the molecule is CCC(CC)CSCCC(NC=O)C(=O)O. The van der Waals surface area contributed by atoms with Crippen LogP contribution in [0.5, 0.6) is 0 Å². The van der Waals surface area contributed by atoms with Crippen molar-refractivity contribution in [2.24, 2.45) is 5.92 Å². The van der Waals surface area contributed by atoms with Crippen LogP contribution in [0.3, 0.4) is 0 Å². The van der Waals surface area contributed by atoms with Crippen LogP contribution < -0.4 is 5.32 Å². The fourth-order valence-corrected chi connectivity index (χ4v) is 2.71. The summed E-state index contributed by atoms with van der Waals surface area (Å²) in [6.45, 7) is 4.34. The lowest BCUT2D eigenvalue weighted by Crippen LogP contribution is -2.36. The average molecular weight is 247 g/mol. The highest BCUT2D eigenvalue weighted by molar-refractivity contribution is 7.99. The fraction of sp³-hybridized carbons (Fsp3) is 0.818. The average Bonchev–Trinajstić information content (AvgIpc) is 2.27. The molecule has 0 rings (SSSR count). The molecule has 4 nitrogen and oxygen atoms in total. The second-order valence-corrected chi connectivity index (χ2v) is 4.87. The zero-order valence-electron chi connectivity index (χ0n) is 9.94. The molecule has 0 bridgehead atoms. The minimum atomic E-state index is -0.963. The van der Waals surface area contributed by atoms with Crippen LogP contribution in [-0.4, -0.2) is 35.0 Å². The highest BCUT2D eigenvalue weighted by atomic mass is 32.2. The number of carboxylic acid groups (broad SMARTS) is 1. The van der Waals surface area contributed by atoms with Gasteiger partial charge in [0.15, 0.2) is 0 Å². The first kappa shape index (κ1) is 15.3. The molecule has 5 heteroatoms. The van der Waals surface area contributed by atoms with Gasteiger partial charge in [-0.25, -0.2) is 4.79 Å². The third-order valence-electron chi connectivity index (χ3n) is 2.63. The number of thioether (sulfide) groups is 1. The Morgan fingerprint density at radius 2 is 2.06 bits per heavy atom. The van der Waals surface area contributed by atoms with Gasteiger partial charge >= 0.3 is 5.97 Å². The summed E-state index contributed by atoms with van der Waals surface area (Å²) in [5.41, 5.74) is 0. The lowest BCUT2D eigenvalue weighted by atomic mass is 10.1. The zero-order chi connectivity index (χ0) is 12.4. The monoisotopic (exact) mass is 247 g/mol. The Balaban J connectivity index is 3.69. The molecule has 0 spiro atoms. The molecule has 0 aromatic rings. The summed E-state index contributed by atoms with van der Waals surface area (Å²) < 4.78 is 0. The Kier molecular flexibility index (Phi) is 9.09. The van der Waals surface area contributed by atoms with Crippen molar-refractivity contribution in [3.05, 3.63) is 0 Å². The first-order valence-electron chi connectivity index (χ1n) is 5.65. The summed E-state index contributed by atoms with van der Waals surface area (Å²) in [5.74, 6) is 1.59. The summed E-state index contributed by atoms with van der Waals surface area (Å²) >= 11 is 1.76. The molecule has 1 amide bonds. The van der Waals surface area contributed by atoms with Crippen molar-refractivity contribution in [1.82, 2.24) is 5.32 Å². The maximum Gasteiger partial charge on any atom is 0.326 e. The van der Waals surface area contributed by atoms with Crippen LogP contribution >= 0.6 is 11.8 Å². The molecule has 16 heavy (non-hydrogen) atoms. The molecule has 0 aliphatic carbocycles. The van der Waals surface area contributed by atoms with E-state index in [1.165, 1.54) is 12.8 Å². The van der Waals surface area contributed by atoms with Gasteiger partial charge in [0, 0.05) is 0 Å². The van der Waals surface area contributed by atoms with Crippen molar-refractivity contribution in [3.63, 3.8) is 0 Å². The van der Waals surface area contributed by atoms with Gasteiger partial charge in [-0.05, 0) is 23.8 Å². The number of aliphatic carboxylic acids is 1. The number of carboxylic acids is 1. The topological polar surface area (TPSA) is 66.4 Å². The summed E-state index contributed by atoms with van der Waals surface area (Å²) in [6, 6.07) is -0.744. The molecule has 0 radical (unpaired) electrons. The van der Waals surface area contributed by atoms with Gasteiger partial charge in [0.2, 0.25) is 6.41 Å². The molecule has 1 unspecified atom stereocenters. The van der Waals surface area contributed by atoms with E-state index >= 15 is 0 Å². The number of hydrogen-bond donors (Lipinski definition) is 2. The van der Waals surface area contributed by atoms with Crippen molar-refractivity contribution in [2.75, 3.05) is 11.5 Å². The van der Waals surface area contributed by atoms with Crippen LogP contribution in [0.4, 0.5) is 0 Å². The standard InChI is InChI=1S/C11H21NO3S/c1-3-9(4-2)7-16-6-5-10(11(14)15)12-8-13/h8-10H,3-7H2,1-2H3,(H,12,13)(H,14,15). The van der Waals surface area contributed by atoms with E-state index in [-0.39, 0.29) is 0 Å². The van der Waals surface area contributed by atoms with Gasteiger partial charge < -0.3 is 10.4 Å². The minimum absolute atomic E-state index is 0.449. The van der Waals surface area contributed by atoms with Crippen molar-refractivity contribution < 1.29 is 14.7 Å². The molecule has 0 aromatic heterocycles. The van der Waals surface area contributed by atoms with Gasteiger partial charge in [0.1, 0.15) is 6.04 Å². The van der Waals surface area contributed by atoms with Gasteiger partial charge in [-0.2, -0.15) is 11.8 Å². The number of rotatable bonds is 10. The lowest BCUT2D eigenvalue weighted by Gasteiger charge is -2.13. The van der Waals surface area contributed by atoms with E-state index in [0.717, 1.165) is 11.5 Å². The van der Waals surface area contributed by atoms with Gasteiger partial charge in [-0.1, -0.05) is 26.7 Å². The molecular weight excluding hydrogens is 226 g/mol. The number of hydrogen-bond acceptors (Lipinski definition) is 3. The second kappa shape index (κ2) is 9.51. The normalized spacial score (nSPS) is 12.4. The van der Waals surface area contributed by atoms with Crippen LogP contribution in [0.2, 0.25) is 0 Å². The molecule has 0 saturated heterocycles. The molecule has 0 aliphatic heterocycles. The van der Waals surface area contributed by atoms with E-state index in [1.54, 1.807) is 11.8 Å². The molecule has 2 N–H and O–H groups in total. The fourth-order valence-electron chi connectivity index (χ4n) is 1.34. The van der Waals surface area contributed by atoms with Gasteiger partial charge in [0.25, 0.3) is 0 Å². The first-order chi connectivity index (χ1) is 7.65. The molecule has 0 heterocycles. The number of amides is 1. The third-order valence-corrected chi connectivity index (χ3v) is 3.86. The van der Waals surface area contributed by atoms with E-state index < -0.39 is 12.0 Å². The molecule has 0 saturated carbocycles. The van der Waals surface area contributed by atoms with E-state index in [9.17, 15) is 9.59 Å². The van der Waals surface area contributed by atoms with E-state index in [4.69, 9.17) is 5.11 Å². The molecule has 0 aliphatic rings. The third kappa shape index (κ3) is 6.71. The predicted octanol–water partition coefficient (Wildman–Crippen LogP) is 1.75. The van der Waals surface area contributed by atoms with E-state index in [1.807, 2.05) is 0 Å². The van der Waals surface area contributed by atoms with E-state index in [2.05, 4.69) is 19.2 Å². The quantitative estimate of drug-likeness (QED) is 0.456. The zero-order valence-corrected chi connectivity index (χ0v) is 10.8. The Hall–Kier alpha value is -0.710. The second-order valence-electron chi connectivity index (χ2n) is 3.72. The number of carbonyl (C=O) groups excluding carboxylic acids is 1. The maximum atomic E-state index is 10.7. The Morgan fingerprint density at radius 1 is 1.44 bits per heavy atom. The Morgan fingerprint density at radius 3 is 2.50 bits per heavy atom. The summed E-state index contributed by atoms with van der Waals surface area (Å²) in [7, 11) is 0. The van der Waals surface area contributed by atoms with E-state index in [0.29, 0.717) is 18.7 Å². The highest BCUT2D eigenvalue weighted by Gasteiger charge is 2.15. The van der Waals surface area contributed by atoms with Gasteiger partial charge in [0.05, 0.1) is 0 Å². The Bertz CT molecular complexity index is 207. The number of carbonyl (C=O) groups is 2. The molecular formula is C11H21NO3S. The summed E-state index contributed by atoms with van der Waals surface area (Å²) in [4.78, 5) is 20.9. The minimum Gasteiger partial charge on any atom is -0.480 e. The lowest BCUT2D eigenvalue weighted by molar-refractivity contribution is -0.140. The predicted molar refractivity (Wildman–Crippen MR) is 66.6 cm³/mol. The molecule has 94 valence electrons. The van der Waals surface area contributed by atoms with Crippen molar-refractivity contribution in [1.29, 1.82) is 0 Å². The van der Waals surface area contributed by atoms with Crippen LogP contribution in [0.1, 0.15) is 33.1 Å². The number of nitrogens with one attached hydrogen (secondary N) is 1. The van der Waals surface area contributed by atoms with Crippen LogP contribution in [0.15, 0.2) is 0 Å². The molecule has 1 atom stereocenters. The van der Waals surface area contributed by atoms with Crippen LogP contribution in [0, 0.1) is 5.92 Å². The Labute approximate surface area is 101 Å². The summed E-state index contributed by atoms with van der Waals surface area (Å²) in [6.07, 6.45) is 3.26. The van der Waals surface area contributed by atoms with Crippen molar-refractivity contribution in [2.45, 2.75) is 39.2 Å². The van der Waals surface area contributed by atoms with Gasteiger partial charge in [-0.3, -0.25) is 4.79 Å². The van der Waals surface area contributed by atoms with Crippen molar-refractivity contribution >= 4 is 24.1 Å². The van der Waals surface area contributed by atoms with Crippen LogP contribution in [0.25, 0.3) is 0 Å².